The molecule has 0 aliphatic heterocycles. The smallest absolute Gasteiger partial charge is 0.270 e. The Labute approximate surface area is 262 Å². The van der Waals surface area contributed by atoms with Crippen LogP contribution < -0.4 is 5.43 Å². The monoisotopic (exact) mass is 636 g/mol. The SMILES string of the molecule is COC(OC)OC.O=C(Cc1ccc(O)cc1)c1c(O)cc(O)cc1O.O=c1c(-c2ccc(O)cc2)coc2cc(O)cc(O)c12. The summed E-state index contributed by atoms with van der Waals surface area (Å²) < 4.78 is 19.1. The van der Waals surface area contributed by atoms with Gasteiger partial charge in [-0.15, -0.1) is 0 Å². The number of ketones is 1. The topological polar surface area (TPSA) is 217 Å². The molecular formula is C33H32O13. The van der Waals surface area contributed by atoms with Gasteiger partial charge in [0.25, 0.3) is 6.48 Å². The summed E-state index contributed by atoms with van der Waals surface area (Å²) in [5.74, 6) is -2.09. The Bertz CT molecular complexity index is 1800. The molecule has 0 saturated carbocycles. The van der Waals surface area contributed by atoms with Crippen LogP contribution in [-0.4, -0.2) is 69.3 Å². The first-order valence-electron chi connectivity index (χ1n) is 13.3. The zero-order valence-corrected chi connectivity index (χ0v) is 24.9. The Morgan fingerprint density at radius 1 is 0.674 bits per heavy atom. The Kier molecular flexibility index (Phi) is 11.9. The molecule has 0 aliphatic carbocycles. The van der Waals surface area contributed by atoms with Gasteiger partial charge in [0.15, 0.2) is 5.78 Å². The highest BCUT2D eigenvalue weighted by Crippen LogP contribution is 2.33. The largest absolute Gasteiger partial charge is 0.508 e. The lowest BCUT2D eigenvalue weighted by atomic mass is 10.0. The van der Waals surface area contributed by atoms with E-state index >= 15 is 0 Å². The highest BCUT2D eigenvalue weighted by atomic mass is 16.8. The van der Waals surface area contributed by atoms with Crippen molar-refractivity contribution < 1.29 is 59.2 Å². The normalized spacial score (nSPS) is 10.5. The molecule has 0 aliphatic rings. The second-order valence-electron chi connectivity index (χ2n) is 9.48. The standard InChI is InChI=1S/C15H10O5.C14H12O5.C4H10O3/c16-9-3-1-8(2-4-9)11-7-20-13-6-10(17)5-12(18)14(13)15(11)19;15-9-3-1-8(2-4-9)5-11(17)14-12(18)6-10(16)7-13(14)19;1-5-4(6-2)7-3/h1-7,16-18H;1-4,6-7,15-16,18-19H,5H2;4H,1-3H3. The van der Waals surface area contributed by atoms with E-state index in [1.807, 2.05) is 0 Å². The molecule has 0 saturated heterocycles. The van der Waals surface area contributed by atoms with E-state index in [1.54, 1.807) is 24.3 Å². The number of methoxy groups -OCH3 is 3. The van der Waals surface area contributed by atoms with E-state index in [0.29, 0.717) is 11.1 Å². The molecule has 242 valence electrons. The number of aromatic hydroxyl groups is 7. The second-order valence-corrected chi connectivity index (χ2v) is 9.48. The minimum Gasteiger partial charge on any atom is -0.508 e. The molecular weight excluding hydrogens is 604 g/mol. The molecule has 5 aromatic rings. The number of Topliss-reactive ketones (excluding diaryl/α,β-unsaturated/α-hetero) is 1. The van der Waals surface area contributed by atoms with Gasteiger partial charge in [-0.1, -0.05) is 24.3 Å². The van der Waals surface area contributed by atoms with Crippen LogP contribution >= 0.6 is 0 Å². The van der Waals surface area contributed by atoms with E-state index < -0.39 is 29.2 Å². The maximum atomic E-state index is 12.4. The van der Waals surface area contributed by atoms with Crippen molar-refractivity contribution in [3.63, 3.8) is 0 Å². The quantitative estimate of drug-likeness (QED) is 0.0952. The highest BCUT2D eigenvalue weighted by molar-refractivity contribution is 6.02. The fraction of sp³-hybridized carbons (Fsp3) is 0.152. The van der Waals surface area contributed by atoms with Gasteiger partial charge in [-0.2, -0.15) is 0 Å². The number of ether oxygens (including phenoxy) is 3. The zero-order valence-electron chi connectivity index (χ0n) is 24.9. The van der Waals surface area contributed by atoms with Crippen molar-refractivity contribution in [1.29, 1.82) is 0 Å². The summed E-state index contributed by atoms with van der Waals surface area (Å²) in [5.41, 5.74) is 0.925. The van der Waals surface area contributed by atoms with Crippen LogP contribution in [0.4, 0.5) is 0 Å². The molecule has 5 rings (SSSR count). The van der Waals surface area contributed by atoms with Gasteiger partial charge in [-0.25, -0.2) is 0 Å². The first kappa shape index (κ1) is 34.7. The van der Waals surface area contributed by atoms with Crippen molar-refractivity contribution in [2.75, 3.05) is 21.3 Å². The fourth-order valence-electron chi connectivity index (χ4n) is 4.12. The van der Waals surface area contributed by atoms with Gasteiger partial charge in [0, 0.05) is 52.0 Å². The molecule has 1 heterocycles. The third-order valence-electron chi connectivity index (χ3n) is 6.26. The van der Waals surface area contributed by atoms with Crippen LogP contribution in [0.2, 0.25) is 0 Å². The summed E-state index contributed by atoms with van der Waals surface area (Å²) in [6.45, 7) is -0.514. The van der Waals surface area contributed by atoms with Crippen LogP contribution in [0.15, 0.2) is 88.3 Å². The Morgan fingerprint density at radius 2 is 1.15 bits per heavy atom. The molecule has 0 fully saturated rings. The van der Waals surface area contributed by atoms with Crippen molar-refractivity contribution in [1.82, 2.24) is 0 Å². The Morgan fingerprint density at radius 3 is 1.65 bits per heavy atom. The van der Waals surface area contributed by atoms with E-state index in [-0.39, 0.29) is 57.3 Å². The minimum absolute atomic E-state index is 0.00775. The van der Waals surface area contributed by atoms with Crippen molar-refractivity contribution in [2.24, 2.45) is 0 Å². The molecule has 1 aromatic heterocycles. The predicted octanol–water partition coefficient (Wildman–Crippen LogP) is 4.72. The first-order valence-corrected chi connectivity index (χ1v) is 13.3. The van der Waals surface area contributed by atoms with Crippen LogP contribution in [0, 0.1) is 0 Å². The van der Waals surface area contributed by atoms with Gasteiger partial charge in [0.2, 0.25) is 5.43 Å². The number of phenols is 7. The molecule has 7 N–H and O–H groups in total. The number of hydrogen-bond acceptors (Lipinski definition) is 13. The summed E-state index contributed by atoms with van der Waals surface area (Å²) in [5, 5.41) is 65.9. The molecule has 0 bridgehead atoms. The van der Waals surface area contributed by atoms with Gasteiger partial charge >= 0.3 is 0 Å². The Balaban J connectivity index is 0.000000209. The second kappa shape index (κ2) is 15.8. The van der Waals surface area contributed by atoms with E-state index in [1.165, 1.54) is 57.9 Å². The average molecular weight is 637 g/mol. The van der Waals surface area contributed by atoms with E-state index in [0.717, 1.165) is 18.2 Å². The van der Waals surface area contributed by atoms with Gasteiger partial charge in [-0.3, -0.25) is 9.59 Å². The molecule has 4 aromatic carbocycles. The van der Waals surface area contributed by atoms with Gasteiger partial charge in [-0.05, 0) is 35.4 Å². The third kappa shape index (κ3) is 8.89. The molecule has 0 radical (unpaired) electrons. The molecule has 13 nitrogen and oxygen atoms in total. The number of fused-ring (bicyclic) bond motifs is 1. The molecule has 13 heteroatoms. The lowest BCUT2D eigenvalue weighted by molar-refractivity contribution is -0.252. The van der Waals surface area contributed by atoms with Crippen LogP contribution in [-0.2, 0) is 20.6 Å². The molecule has 0 spiro atoms. The van der Waals surface area contributed by atoms with Crippen molar-refractivity contribution in [3.8, 4) is 51.4 Å². The predicted molar refractivity (Wildman–Crippen MR) is 165 cm³/mol. The molecule has 46 heavy (non-hydrogen) atoms. The van der Waals surface area contributed by atoms with Crippen LogP contribution in [0.25, 0.3) is 22.1 Å². The van der Waals surface area contributed by atoms with Crippen molar-refractivity contribution in [3.05, 3.63) is 100 Å². The van der Waals surface area contributed by atoms with Gasteiger partial charge in [0.1, 0.15) is 63.0 Å². The van der Waals surface area contributed by atoms with Crippen molar-refractivity contribution in [2.45, 2.75) is 12.9 Å². The summed E-state index contributed by atoms with van der Waals surface area (Å²) in [6, 6.07) is 16.4. The van der Waals surface area contributed by atoms with Crippen LogP contribution in [0.1, 0.15) is 15.9 Å². The molecule has 0 atom stereocenters. The van der Waals surface area contributed by atoms with E-state index in [2.05, 4.69) is 14.2 Å². The number of carbonyl (C=O) groups is 1. The fourth-order valence-corrected chi connectivity index (χ4v) is 4.12. The summed E-state index contributed by atoms with van der Waals surface area (Å²) in [7, 11) is 4.53. The maximum absolute atomic E-state index is 12.4. The highest BCUT2D eigenvalue weighted by Gasteiger charge is 2.18. The molecule has 0 unspecified atom stereocenters. The number of carbonyl (C=O) groups excluding carboxylic acids is 1. The zero-order chi connectivity index (χ0) is 34.0. The van der Waals surface area contributed by atoms with Gasteiger partial charge in [0.05, 0.1) is 5.56 Å². The number of phenolic OH excluding ortho intramolecular Hbond substituents is 7. The summed E-state index contributed by atoms with van der Waals surface area (Å²) >= 11 is 0. The minimum atomic E-state index is -0.514. The van der Waals surface area contributed by atoms with Crippen molar-refractivity contribution >= 4 is 16.8 Å². The average Bonchev–Trinajstić information content (AvgIpc) is 3.00. The Hall–Kier alpha value is -5.76. The summed E-state index contributed by atoms with van der Waals surface area (Å²) in [6.07, 6.45) is 1.22. The number of rotatable bonds is 7. The third-order valence-corrected chi connectivity index (χ3v) is 6.26. The van der Waals surface area contributed by atoms with E-state index in [9.17, 15) is 35.1 Å². The molecule has 0 amide bonds. The van der Waals surface area contributed by atoms with E-state index in [4.69, 9.17) is 14.6 Å². The lowest BCUT2D eigenvalue weighted by Gasteiger charge is -2.08. The van der Waals surface area contributed by atoms with Crippen LogP contribution in [0.3, 0.4) is 0 Å². The summed E-state index contributed by atoms with van der Waals surface area (Å²) in [4.78, 5) is 24.4. The lowest BCUT2D eigenvalue weighted by Crippen LogP contribution is -2.14. The maximum Gasteiger partial charge on any atom is 0.270 e. The first-order chi connectivity index (χ1) is 21.9. The number of hydrogen-bond donors (Lipinski definition) is 7. The van der Waals surface area contributed by atoms with Gasteiger partial charge < -0.3 is 54.4 Å². The van der Waals surface area contributed by atoms with Crippen LogP contribution in [0.5, 0.6) is 40.2 Å². The number of benzene rings is 4.